The second-order valence-corrected chi connectivity index (χ2v) is 5.34. The minimum Gasteiger partial charge on any atom is -0.100 e. The van der Waals surface area contributed by atoms with Crippen molar-refractivity contribution in [1.29, 1.82) is 0 Å². The predicted molar refractivity (Wildman–Crippen MR) is 80.3 cm³/mol. The van der Waals surface area contributed by atoms with Crippen LogP contribution in [0.5, 0.6) is 0 Å². The average Bonchev–Trinajstić information content (AvgIpc) is 2.28. The summed E-state index contributed by atoms with van der Waals surface area (Å²) >= 11 is 0. The highest BCUT2D eigenvalue weighted by atomic mass is 14.1. The van der Waals surface area contributed by atoms with Crippen LogP contribution >= 0.6 is 0 Å². The normalized spacial score (nSPS) is 12.2. The van der Waals surface area contributed by atoms with Crippen LogP contribution in [0.3, 0.4) is 0 Å². The van der Waals surface area contributed by atoms with E-state index in [-0.39, 0.29) is 0 Å². The van der Waals surface area contributed by atoms with E-state index in [1.807, 2.05) is 0 Å². The third-order valence-electron chi connectivity index (χ3n) is 3.46. The highest BCUT2D eigenvalue weighted by Gasteiger charge is 2.07. The first-order valence-electron chi connectivity index (χ1n) is 6.97. The summed E-state index contributed by atoms with van der Waals surface area (Å²) in [5.41, 5.74) is 3.97. The van der Waals surface area contributed by atoms with Crippen LogP contribution in [0.1, 0.15) is 65.7 Å². The Balaban J connectivity index is 3.85. The van der Waals surface area contributed by atoms with E-state index in [9.17, 15) is 0 Å². The maximum absolute atomic E-state index is 4.17. The Morgan fingerprint density at radius 2 is 1.53 bits per heavy atom. The summed E-state index contributed by atoms with van der Waals surface area (Å²) in [6, 6.07) is 0. The summed E-state index contributed by atoms with van der Waals surface area (Å²) in [4.78, 5) is 0. The Morgan fingerprint density at radius 1 is 0.941 bits per heavy atom. The summed E-state index contributed by atoms with van der Waals surface area (Å²) in [5.74, 6) is 0.832. The van der Waals surface area contributed by atoms with E-state index < -0.39 is 0 Å². The number of rotatable bonds is 10. The first kappa shape index (κ1) is 16.2. The van der Waals surface area contributed by atoms with Gasteiger partial charge in [-0.15, -0.1) is 6.58 Å². The molecule has 0 rings (SSSR count). The van der Waals surface area contributed by atoms with Gasteiger partial charge >= 0.3 is 0 Å². The van der Waals surface area contributed by atoms with Gasteiger partial charge in [0.05, 0.1) is 0 Å². The molecule has 0 aromatic rings. The van der Waals surface area contributed by atoms with Crippen LogP contribution in [-0.4, -0.2) is 0 Å². The topological polar surface area (TPSA) is 0 Å². The Bertz CT molecular complexity index is 257. The van der Waals surface area contributed by atoms with Gasteiger partial charge in [-0.25, -0.2) is 0 Å². The van der Waals surface area contributed by atoms with Crippen molar-refractivity contribution in [3.8, 4) is 0 Å². The molecule has 0 bridgehead atoms. The molecule has 0 aromatic carbocycles. The van der Waals surface area contributed by atoms with Crippen LogP contribution in [0.15, 0.2) is 36.5 Å². The monoisotopic (exact) mass is 234 g/mol. The van der Waals surface area contributed by atoms with E-state index in [4.69, 9.17) is 0 Å². The Labute approximate surface area is 109 Å². The first-order chi connectivity index (χ1) is 7.99. The molecule has 17 heavy (non-hydrogen) atoms. The fourth-order valence-electron chi connectivity index (χ4n) is 1.98. The molecule has 0 aliphatic carbocycles. The molecule has 0 saturated heterocycles. The molecule has 1 unspecified atom stereocenters. The van der Waals surface area contributed by atoms with E-state index in [1.54, 1.807) is 0 Å². The fourth-order valence-corrected chi connectivity index (χ4v) is 1.98. The van der Waals surface area contributed by atoms with Crippen LogP contribution in [0.4, 0.5) is 0 Å². The average molecular weight is 234 g/mol. The molecule has 98 valence electrons. The van der Waals surface area contributed by atoms with E-state index in [1.165, 1.54) is 42.4 Å². The van der Waals surface area contributed by atoms with Crippen LogP contribution in [0, 0.1) is 5.92 Å². The maximum Gasteiger partial charge on any atom is -0.0114 e. The molecule has 0 fully saturated rings. The van der Waals surface area contributed by atoms with Gasteiger partial charge < -0.3 is 0 Å². The zero-order chi connectivity index (χ0) is 13.3. The van der Waals surface area contributed by atoms with Crippen molar-refractivity contribution in [2.45, 2.75) is 65.7 Å². The lowest BCUT2D eigenvalue weighted by Crippen LogP contribution is -2.00. The molecule has 0 N–H and O–H groups in total. The Kier molecular flexibility index (Phi) is 8.85. The molecule has 0 heteroatoms. The number of hydrogen-bond donors (Lipinski definition) is 0. The van der Waals surface area contributed by atoms with Gasteiger partial charge in [0, 0.05) is 0 Å². The largest absolute Gasteiger partial charge is 0.100 e. The summed E-state index contributed by atoms with van der Waals surface area (Å²) in [6.07, 6.45) is 8.27. The molecule has 0 nitrogen and oxygen atoms in total. The Hall–Kier alpha value is -0.780. The molecular weight excluding hydrogens is 204 g/mol. The van der Waals surface area contributed by atoms with Gasteiger partial charge in [-0.05, 0) is 51.4 Å². The molecule has 0 amide bonds. The van der Waals surface area contributed by atoms with E-state index in [0.29, 0.717) is 0 Å². The SMILES string of the molecule is C=C(C)CCC(CC)CCC(=C)CC(=C)CC. The van der Waals surface area contributed by atoms with Gasteiger partial charge in [0.25, 0.3) is 0 Å². The fraction of sp³-hybridized carbons (Fsp3) is 0.647. The molecule has 0 heterocycles. The van der Waals surface area contributed by atoms with Crippen molar-refractivity contribution in [3.63, 3.8) is 0 Å². The van der Waals surface area contributed by atoms with Gasteiger partial charge in [0.1, 0.15) is 0 Å². The first-order valence-corrected chi connectivity index (χ1v) is 6.97. The second-order valence-electron chi connectivity index (χ2n) is 5.34. The number of hydrogen-bond acceptors (Lipinski definition) is 0. The highest BCUT2D eigenvalue weighted by molar-refractivity contribution is 5.08. The van der Waals surface area contributed by atoms with Crippen molar-refractivity contribution in [1.82, 2.24) is 0 Å². The van der Waals surface area contributed by atoms with E-state index in [2.05, 4.69) is 40.5 Å². The van der Waals surface area contributed by atoms with Gasteiger partial charge in [-0.3, -0.25) is 0 Å². The third-order valence-corrected chi connectivity index (χ3v) is 3.46. The van der Waals surface area contributed by atoms with Crippen molar-refractivity contribution < 1.29 is 0 Å². The number of allylic oxidation sites excluding steroid dienone is 3. The lowest BCUT2D eigenvalue weighted by Gasteiger charge is -2.16. The molecule has 0 radical (unpaired) electrons. The van der Waals surface area contributed by atoms with Crippen molar-refractivity contribution >= 4 is 0 Å². The molecule has 0 aromatic heterocycles. The highest BCUT2D eigenvalue weighted by Crippen LogP contribution is 2.23. The summed E-state index contributed by atoms with van der Waals surface area (Å²) in [6.45, 7) is 18.8. The van der Waals surface area contributed by atoms with Gasteiger partial charge in [0.2, 0.25) is 0 Å². The third kappa shape index (κ3) is 8.97. The predicted octanol–water partition coefficient (Wildman–Crippen LogP) is 6.06. The van der Waals surface area contributed by atoms with Crippen LogP contribution < -0.4 is 0 Å². The molecule has 0 aliphatic rings. The minimum absolute atomic E-state index is 0.832. The zero-order valence-corrected chi connectivity index (χ0v) is 12.1. The standard InChI is InChI=1S/C17H30/c1-7-15(5)13-16(6)10-12-17(8-2)11-9-14(3)4/h17H,3,5-13H2,1-2,4H3. The summed E-state index contributed by atoms with van der Waals surface area (Å²) < 4.78 is 0. The van der Waals surface area contributed by atoms with Gasteiger partial charge in [-0.1, -0.05) is 50.1 Å². The zero-order valence-electron chi connectivity index (χ0n) is 12.1. The summed E-state index contributed by atoms with van der Waals surface area (Å²) in [7, 11) is 0. The molecule has 0 saturated carbocycles. The van der Waals surface area contributed by atoms with Gasteiger partial charge in [0.15, 0.2) is 0 Å². The van der Waals surface area contributed by atoms with E-state index in [0.717, 1.165) is 25.2 Å². The van der Waals surface area contributed by atoms with Crippen molar-refractivity contribution in [3.05, 3.63) is 36.5 Å². The van der Waals surface area contributed by atoms with E-state index >= 15 is 0 Å². The Morgan fingerprint density at radius 3 is 2.00 bits per heavy atom. The summed E-state index contributed by atoms with van der Waals surface area (Å²) in [5, 5.41) is 0. The van der Waals surface area contributed by atoms with Crippen molar-refractivity contribution in [2.75, 3.05) is 0 Å². The molecule has 0 aliphatic heterocycles. The van der Waals surface area contributed by atoms with Crippen molar-refractivity contribution in [2.24, 2.45) is 5.92 Å². The molecule has 1 atom stereocenters. The quantitative estimate of drug-likeness (QED) is 0.403. The molecule has 0 spiro atoms. The van der Waals surface area contributed by atoms with Gasteiger partial charge in [-0.2, -0.15) is 0 Å². The minimum atomic E-state index is 0.832. The smallest absolute Gasteiger partial charge is 0.0114 e. The lowest BCUT2D eigenvalue weighted by atomic mass is 9.90. The lowest BCUT2D eigenvalue weighted by molar-refractivity contribution is 0.435. The molecular formula is C17H30. The maximum atomic E-state index is 4.17. The van der Waals surface area contributed by atoms with Crippen LogP contribution in [-0.2, 0) is 0 Å². The van der Waals surface area contributed by atoms with Crippen LogP contribution in [0.25, 0.3) is 0 Å². The van der Waals surface area contributed by atoms with Crippen LogP contribution in [0.2, 0.25) is 0 Å². The second kappa shape index (κ2) is 9.27.